The van der Waals surface area contributed by atoms with Gasteiger partial charge >= 0.3 is 0 Å². The van der Waals surface area contributed by atoms with Crippen molar-refractivity contribution in [3.05, 3.63) is 119 Å². The predicted molar refractivity (Wildman–Crippen MR) is 138 cm³/mol. The van der Waals surface area contributed by atoms with Crippen LogP contribution in [0.25, 0.3) is 5.69 Å². The minimum absolute atomic E-state index is 0.0794. The van der Waals surface area contributed by atoms with Crippen LogP contribution in [0.15, 0.2) is 91.5 Å². The van der Waals surface area contributed by atoms with Crippen LogP contribution in [-0.4, -0.2) is 32.0 Å². The van der Waals surface area contributed by atoms with Crippen LogP contribution in [0.5, 0.6) is 0 Å². The van der Waals surface area contributed by atoms with Crippen LogP contribution in [0, 0.1) is 0 Å². The third-order valence-corrected chi connectivity index (χ3v) is 7.39. The molecule has 8 heteroatoms. The van der Waals surface area contributed by atoms with Gasteiger partial charge in [-0.3, -0.25) is 9.59 Å². The molecule has 176 valence electrons. The lowest BCUT2D eigenvalue weighted by Gasteiger charge is -2.24. The number of halogens is 1. The Balaban J connectivity index is 1.20. The first-order valence-electron chi connectivity index (χ1n) is 11.2. The lowest BCUT2D eigenvalue weighted by molar-refractivity contribution is -0.128. The highest BCUT2D eigenvalue weighted by Crippen LogP contribution is 2.39. The molecule has 4 aromatic rings. The van der Waals surface area contributed by atoms with E-state index in [-0.39, 0.29) is 17.2 Å². The molecule has 35 heavy (non-hydrogen) atoms. The predicted octanol–water partition coefficient (Wildman–Crippen LogP) is 5.23. The Kier molecular flexibility index (Phi) is 6.88. The van der Waals surface area contributed by atoms with E-state index in [9.17, 15) is 9.59 Å². The summed E-state index contributed by atoms with van der Waals surface area (Å²) in [5.41, 5.74) is 4.65. The van der Waals surface area contributed by atoms with E-state index in [1.807, 2.05) is 88.5 Å². The number of carbonyl (C=O) groups excluding carboxylic acids is 2. The quantitative estimate of drug-likeness (QED) is 0.376. The number of benzene rings is 3. The van der Waals surface area contributed by atoms with Crippen LogP contribution in [-0.2, 0) is 17.9 Å². The molecule has 1 aromatic heterocycles. The van der Waals surface area contributed by atoms with Crippen molar-refractivity contribution in [2.24, 2.45) is 0 Å². The van der Waals surface area contributed by atoms with Crippen molar-refractivity contribution in [3.8, 4) is 5.69 Å². The molecule has 0 spiro atoms. The number of hydrogen-bond acceptors (Lipinski definition) is 4. The van der Waals surface area contributed by atoms with Crippen LogP contribution in [0.2, 0.25) is 5.02 Å². The van der Waals surface area contributed by atoms with Gasteiger partial charge in [-0.2, -0.15) is 0 Å². The van der Waals surface area contributed by atoms with Crippen molar-refractivity contribution in [1.29, 1.82) is 0 Å². The highest BCUT2D eigenvalue weighted by molar-refractivity contribution is 8.00. The van der Waals surface area contributed by atoms with Gasteiger partial charge in [-0.15, -0.1) is 11.8 Å². The van der Waals surface area contributed by atoms with Gasteiger partial charge in [0, 0.05) is 41.8 Å². The Morgan fingerprint density at radius 3 is 2.40 bits per heavy atom. The first-order valence-corrected chi connectivity index (χ1v) is 12.6. The standard InChI is InChI=1S/C27H23ClN4O2S/c28-23-9-1-20(2-10-23)16-32-25(33)17-35-27(32)22-7-5-21(6-8-22)26(34)30-15-19-3-11-24(12-4-19)31-14-13-29-18-31/h1-14,18,27H,15-17H2,(H,30,34)/t27-/m1/s1. The molecule has 2 amide bonds. The number of thioether (sulfide) groups is 1. The fourth-order valence-electron chi connectivity index (χ4n) is 3.97. The number of amides is 2. The minimum atomic E-state index is -0.136. The van der Waals surface area contributed by atoms with Crippen LogP contribution < -0.4 is 5.32 Å². The van der Waals surface area contributed by atoms with E-state index in [4.69, 9.17) is 11.6 Å². The maximum atomic E-state index is 12.7. The van der Waals surface area contributed by atoms with E-state index < -0.39 is 0 Å². The number of imidazole rings is 1. The average Bonchev–Trinajstić information content (AvgIpc) is 3.55. The Hall–Kier alpha value is -3.55. The number of nitrogens with one attached hydrogen (secondary N) is 1. The van der Waals surface area contributed by atoms with E-state index in [2.05, 4.69) is 10.3 Å². The maximum Gasteiger partial charge on any atom is 0.251 e. The van der Waals surface area contributed by atoms with Gasteiger partial charge in [-0.25, -0.2) is 4.98 Å². The van der Waals surface area contributed by atoms with Gasteiger partial charge < -0.3 is 14.8 Å². The summed E-state index contributed by atoms with van der Waals surface area (Å²) in [6.07, 6.45) is 5.37. The molecular formula is C27H23ClN4O2S. The molecule has 3 aromatic carbocycles. The van der Waals surface area contributed by atoms with Crippen molar-refractivity contribution < 1.29 is 9.59 Å². The highest BCUT2D eigenvalue weighted by atomic mass is 35.5. The summed E-state index contributed by atoms with van der Waals surface area (Å²) in [5.74, 6) is 0.416. The molecule has 0 bridgehead atoms. The fourth-order valence-corrected chi connectivity index (χ4v) is 5.28. The summed E-state index contributed by atoms with van der Waals surface area (Å²) < 4.78 is 1.93. The summed E-state index contributed by atoms with van der Waals surface area (Å²) in [6.45, 7) is 0.961. The Labute approximate surface area is 212 Å². The van der Waals surface area contributed by atoms with Crippen LogP contribution in [0.3, 0.4) is 0 Å². The third kappa shape index (κ3) is 5.42. The van der Waals surface area contributed by atoms with Crippen molar-refractivity contribution in [1.82, 2.24) is 19.8 Å². The minimum Gasteiger partial charge on any atom is -0.348 e. The number of nitrogens with zero attached hydrogens (tertiary/aromatic N) is 3. The van der Waals surface area contributed by atoms with E-state index in [1.54, 1.807) is 24.3 Å². The second-order valence-electron chi connectivity index (χ2n) is 8.25. The molecule has 0 saturated carbocycles. The van der Waals surface area contributed by atoms with Gasteiger partial charge in [-0.05, 0) is 53.1 Å². The number of carbonyl (C=O) groups is 2. The SMILES string of the molecule is O=C(NCc1ccc(-n2ccnc2)cc1)c1ccc([C@H]2SCC(=O)N2Cc2ccc(Cl)cc2)cc1. The zero-order valence-electron chi connectivity index (χ0n) is 18.8. The zero-order chi connectivity index (χ0) is 24.2. The van der Waals surface area contributed by atoms with Crippen LogP contribution >= 0.6 is 23.4 Å². The highest BCUT2D eigenvalue weighted by Gasteiger charge is 2.32. The molecule has 0 unspecified atom stereocenters. The van der Waals surface area contributed by atoms with Gasteiger partial charge in [0.2, 0.25) is 5.91 Å². The van der Waals surface area contributed by atoms with Crippen molar-refractivity contribution in [2.75, 3.05) is 5.75 Å². The van der Waals surface area contributed by atoms with Gasteiger partial charge in [-0.1, -0.05) is 48.0 Å². The molecule has 1 aliphatic heterocycles. The second-order valence-corrected chi connectivity index (χ2v) is 9.76. The Bertz CT molecular complexity index is 1310. The molecule has 0 radical (unpaired) electrons. The lowest BCUT2D eigenvalue weighted by Crippen LogP contribution is -2.27. The number of rotatable bonds is 7. The molecule has 0 aliphatic carbocycles. The Morgan fingerprint density at radius 2 is 1.71 bits per heavy atom. The zero-order valence-corrected chi connectivity index (χ0v) is 20.4. The third-order valence-electron chi connectivity index (χ3n) is 5.88. The van der Waals surface area contributed by atoms with Gasteiger partial charge in [0.05, 0.1) is 12.1 Å². The van der Waals surface area contributed by atoms with E-state index in [0.29, 0.717) is 29.4 Å². The summed E-state index contributed by atoms with van der Waals surface area (Å²) in [6, 6.07) is 23.0. The molecule has 6 nitrogen and oxygen atoms in total. The summed E-state index contributed by atoms with van der Waals surface area (Å²) in [7, 11) is 0. The maximum absolute atomic E-state index is 12.7. The summed E-state index contributed by atoms with van der Waals surface area (Å²) in [5, 5.41) is 3.57. The fraction of sp³-hybridized carbons (Fsp3) is 0.148. The molecule has 5 rings (SSSR count). The lowest BCUT2D eigenvalue weighted by atomic mass is 10.1. The normalized spacial score (nSPS) is 15.4. The largest absolute Gasteiger partial charge is 0.348 e. The smallest absolute Gasteiger partial charge is 0.251 e. The molecule has 1 aliphatic rings. The summed E-state index contributed by atoms with van der Waals surface area (Å²) in [4.78, 5) is 31.1. The van der Waals surface area contributed by atoms with Crippen molar-refractivity contribution >= 4 is 35.2 Å². The van der Waals surface area contributed by atoms with Crippen molar-refractivity contribution in [3.63, 3.8) is 0 Å². The van der Waals surface area contributed by atoms with Crippen LogP contribution in [0.4, 0.5) is 0 Å². The number of aromatic nitrogens is 2. The second kappa shape index (κ2) is 10.4. The average molecular weight is 503 g/mol. The van der Waals surface area contributed by atoms with E-state index >= 15 is 0 Å². The summed E-state index contributed by atoms with van der Waals surface area (Å²) >= 11 is 7.58. The molecule has 1 saturated heterocycles. The van der Waals surface area contributed by atoms with E-state index in [0.717, 1.165) is 22.4 Å². The van der Waals surface area contributed by atoms with Gasteiger partial charge in [0.1, 0.15) is 5.37 Å². The first-order chi connectivity index (χ1) is 17.1. The van der Waals surface area contributed by atoms with E-state index in [1.165, 1.54) is 0 Å². The topological polar surface area (TPSA) is 67.2 Å². The Morgan fingerprint density at radius 1 is 1.00 bits per heavy atom. The molecule has 2 heterocycles. The first kappa shape index (κ1) is 23.2. The van der Waals surface area contributed by atoms with Crippen molar-refractivity contribution in [2.45, 2.75) is 18.5 Å². The van der Waals surface area contributed by atoms with Gasteiger partial charge in [0.25, 0.3) is 5.91 Å². The molecule has 1 atom stereocenters. The number of hydrogen-bond donors (Lipinski definition) is 1. The van der Waals surface area contributed by atoms with Crippen LogP contribution in [0.1, 0.15) is 32.4 Å². The van der Waals surface area contributed by atoms with Gasteiger partial charge in [0.15, 0.2) is 0 Å². The molecule has 1 fully saturated rings. The molecular weight excluding hydrogens is 480 g/mol. The molecule has 1 N–H and O–H groups in total. The monoisotopic (exact) mass is 502 g/mol.